The Hall–Kier alpha value is -0.890. The average molecular weight is 422 g/mol. The summed E-state index contributed by atoms with van der Waals surface area (Å²) < 4.78 is 16.3. The minimum absolute atomic E-state index is 0.0454. The Morgan fingerprint density at radius 2 is 2.29 bits per heavy atom. The number of halogens is 3. The van der Waals surface area contributed by atoms with Crippen LogP contribution in [0.5, 0.6) is 0 Å². The molecule has 3 rings (SSSR count). The SMILES string of the molecule is CN1CCC(n2c(CCCl)nc3cc(I)c(F)cc32)C1=O. The summed E-state index contributed by atoms with van der Waals surface area (Å²) in [5.74, 6) is 0.916. The van der Waals surface area contributed by atoms with Gasteiger partial charge in [0.1, 0.15) is 17.7 Å². The normalized spacial score (nSPS) is 19.0. The lowest BCUT2D eigenvalue weighted by Gasteiger charge is -2.15. The van der Waals surface area contributed by atoms with E-state index in [1.807, 2.05) is 27.2 Å². The van der Waals surface area contributed by atoms with Crippen LogP contribution >= 0.6 is 34.2 Å². The lowest BCUT2D eigenvalue weighted by molar-refractivity contribution is -0.129. The van der Waals surface area contributed by atoms with E-state index in [9.17, 15) is 9.18 Å². The largest absolute Gasteiger partial charge is 0.344 e. The summed E-state index contributed by atoms with van der Waals surface area (Å²) in [6.45, 7) is 0.705. The third-order valence-electron chi connectivity index (χ3n) is 3.83. The van der Waals surface area contributed by atoms with Gasteiger partial charge in [-0.2, -0.15) is 0 Å². The molecule has 1 aromatic carbocycles. The van der Waals surface area contributed by atoms with Crippen LogP contribution in [0.1, 0.15) is 18.3 Å². The molecule has 7 heteroatoms. The van der Waals surface area contributed by atoms with Crippen LogP contribution in [0.4, 0.5) is 4.39 Å². The van der Waals surface area contributed by atoms with Gasteiger partial charge in [-0.1, -0.05) is 0 Å². The van der Waals surface area contributed by atoms with E-state index in [0.717, 1.165) is 5.82 Å². The third-order valence-corrected chi connectivity index (χ3v) is 4.85. The summed E-state index contributed by atoms with van der Waals surface area (Å²) in [5, 5.41) is 0. The highest BCUT2D eigenvalue weighted by molar-refractivity contribution is 14.1. The van der Waals surface area contributed by atoms with E-state index in [0.29, 0.717) is 39.9 Å². The Morgan fingerprint density at radius 1 is 1.52 bits per heavy atom. The predicted octanol–water partition coefficient (Wildman–Crippen LogP) is 2.96. The number of carbonyl (C=O) groups is 1. The highest BCUT2D eigenvalue weighted by atomic mass is 127. The number of fused-ring (bicyclic) bond motifs is 1. The molecular weight excluding hydrogens is 408 g/mol. The third kappa shape index (κ3) is 2.52. The van der Waals surface area contributed by atoms with Crippen LogP contribution in [-0.4, -0.2) is 39.8 Å². The Morgan fingerprint density at radius 3 is 2.90 bits per heavy atom. The van der Waals surface area contributed by atoms with E-state index in [1.165, 1.54) is 6.07 Å². The summed E-state index contributed by atoms with van der Waals surface area (Å²) in [6.07, 6.45) is 1.27. The fourth-order valence-electron chi connectivity index (χ4n) is 2.79. The number of nitrogens with zero attached hydrogens (tertiary/aromatic N) is 3. The molecule has 2 aromatic rings. The molecule has 1 fully saturated rings. The number of benzene rings is 1. The second-order valence-corrected chi connectivity index (χ2v) is 6.70. The van der Waals surface area contributed by atoms with Crippen molar-refractivity contribution in [2.45, 2.75) is 18.9 Å². The van der Waals surface area contributed by atoms with Crippen LogP contribution in [0.3, 0.4) is 0 Å². The van der Waals surface area contributed by atoms with Crippen molar-refractivity contribution in [3.8, 4) is 0 Å². The minimum Gasteiger partial charge on any atom is -0.344 e. The van der Waals surface area contributed by atoms with Crippen LogP contribution in [0.25, 0.3) is 11.0 Å². The van der Waals surface area contributed by atoms with Gasteiger partial charge in [-0.25, -0.2) is 9.37 Å². The lowest BCUT2D eigenvalue weighted by Crippen LogP contribution is -2.25. The van der Waals surface area contributed by atoms with Gasteiger partial charge in [-0.15, -0.1) is 11.6 Å². The molecule has 0 saturated carbocycles. The first-order valence-corrected chi connectivity index (χ1v) is 8.31. The average Bonchev–Trinajstić information content (AvgIpc) is 2.93. The summed E-state index contributed by atoms with van der Waals surface area (Å²) in [4.78, 5) is 18.5. The van der Waals surface area contributed by atoms with Crippen molar-refractivity contribution in [3.63, 3.8) is 0 Å². The Bertz CT molecular complexity index is 718. The number of likely N-dealkylation sites (tertiary alicyclic amines) is 1. The standard InChI is InChI=1S/C14H14ClFIN3O/c1-19-5-3-11(14(19)21)20-12-6-8(16)9(17)7-10(12)18-13(20)2-4-15/h6-7,11H,2-5H2,1H3. The highest BCUT2D eigenvalue weighted by Gasteiger charge is 2.33. The van der Waals surface area contributed by atoms with Crippen LogP contribution in [0.2, 0.25) is 0 Å². The van der Waals surface area contributed by atoms with Crippen molar-refractivity contribution >= 4 is 51.1 Å². The molecule has 4 nitrogen and oxygen atoms in total. The Labute approximate surface area is 140 Å². The lowest BCUT2D eigenvalue weighted by atomic mass is 10.2. The van der Waals surface area contributed by atoms with Gasteiger partial charge in [-0.05, 0) is 35.1 Å². The number of imidazole rings is 1. The molecule has 0 aliphatic carbocycles. The van der Waals surface area contributed by atoms with Gasteiger partial charge < -0.3 is 9.47 Å². The number of aryl methyl sites for hydroxylation is 1. The van der Waals surface area contributed by atoms with E-state index in [2.05, 4.69) is 4.98 Å². The molecule has 0 spiro atoms. The number of hydrogen-bond donors (Lipinski definition) is 0. The predicted molar refractivity (Wildman–Crippen MR) is 88.1 cm³/mol. The van der Waals surface area contributed by atoms with Gasteiger partial charge in [0.25, 0.3) is 0 Å². The number of aromatic nitrogens is 2. The molecule has 1 atom stereocenters. The molecule has 1 aliphatic heterocycles. The van der Waals surface area contributed by atoms with Crippen molar-refractivity contribution < 1.29 is 9.18 Å². The van der Waals surface area contributed by atoms with E-state index in [4.69, 9.17) is 11.6 Å². The van der Waals surface area contributed by atoms with Crippen LogP contribution in [-0.2, 0) is 11.2 Å². The molecule has 1 saturated heterocycles. The van der Waals surface area contributed by atoms with Crippen molar-refractivity contribution in [1.29, 1.82) is 0 Å². The number of hydrogen-bond acceptors (Lipinski definition) is 2. The van der Waals surface area contributed by atoms with Crippen molar-refractivity contribution in [1.82, 2.24) is 14.5 Å². The molecule has 1 aliphatic rings. The summed E-state index contributed by atoms with van der Waals surface area (Å²) in [6, 6.07) is 2.87. The van der Waals surface area contributed by atoms with E-state index < -0.39 is 0 Å². The zero-order valence-corrected chi connectivity index (χ0v) is 14.4. The molecule has 1 amide bonds. The molecule has 21 heavy (non-hydrogen) atoms. The maximum absolute atomic E-state index is 13.9. The first-order valence-electron chi connectivity index (χ1n) is 6.69. The van der Waals surface area contributed by atoms with Crippen LogP contribution in [0.15, 0.2) is 12.1 Å². The zero-order chi connectivity index (χ0) is 15.1. The molecule has 0 radical (unpaired) electrons. The monoisotopic (exact) mass is 421 g/mol. The molecular formula is C14H14ClFIN3O. The highest BCUT2D eigenvalue weighted by Crippen LogP contribution is 2.30. The van der Waals surface area contributed by atoms with E-state index >= 15 is 0 Å². The van der Waals surface area contributed by atoms with E-state index in [1.54, 1.807) is 18.0 Å². The molecule has 1 unspecified atom stereocenters. The molecule has 2 heterocycles. The fourth-order valence-corrected chi connectivity index (χ4v) is 3.41. The molecule has 0 bridgehead atoms. The van der Waals surface area contributed by atoms with Gasteiger partial charge in [0.05, 0.1) is 14.6 Å². The van der Waals surface area contributed by atoms with Gasteiger partial charge >= 0.3 is 0 Å². The van der Waals surface area contributed by atoms with Crippen molar-refractivity contribution in [3.05, 3.63) is 27.3 Å². The number of carbonyl (C=O) groups excluding carboxylic acids is 1. The van der Waals surface area contributed by atoms with Gasteiger partial charge in [0.2, 0.25) is 5.91 Å². The smallest absolute Gasteiger partial charge is 0.245 e. The van der Waals surface area contributed by atoms with Crippen LogP contribution in [0, 0.1) is 9.39 Å². The first kappa shape index (κ1) is 15.0. The van der Waals surface area contributed by atoms with Crippen molar-refractivity contribution in [2.75, 3.05) is 19.5 Å². The van der Waals surface area contributed by atoms with Crippen LogP contribution < -0.4 is 0 Å². The molecule has 0 N–H and O–H groups in total. The van der Waals surface area contributed by atoms with Gasteiger partial charge in [0, 0.05) is 32.0 Å². The van der Waals surface area contributed by atoms with Gasteiger partial charge in [0.15, 0.2) is 0 Å². The summed E-state index contributed by atoms with van der Waals surface area (Å²) >= 11 is 7.79. The van der Waals surface area contributed by atoms with E-state index in [-0.39, 0.29) is 17.8 Å². The summed E-state index contributed by atoms with van der Waals surface area (Å²) in [5.41, 5.74) is 1.38. The first-order chi connectivity index (χ1) is 10.0. The molecule has 1 aromatic heterocycles. The van der Waals surface area contributed by atoms with Gasteiger partial charge in [-0.3, -0.25) is 4.79 Å². The maximum atomic E-state index is 13.9. The number of alkyl halides is 1. The molecule has 112 valence electrons. The number of rotatable bonds is 3. The topological polar surface area (TPSA) is 38.1 Å². The zero-order valence-electron chi connectivity index (χ0n) is 11.4. The quantitative estimate of drug-likeness (QED) is 0.565. The number of likely N-dealkylation sites (N-methyl/N-ethyl adjacent to an activating group) is 1. The second kappa shape index (κ2) is 5.72. The fraction of sp³-hybridized carbons (Fsp3) is 0.429. The van der Waals surface area contributed by atoms with Crippen molar-refractivity contribution in [2.24, 2.45) is 0 Å². The Balaban J connectivity index is 2.20. The second-order valence-electron chi connectivity index (χ2n) is 5.16. The Kier molecular flexibility index (Phi) is 4.09. The number of amides is 1. The minimum atomic E-state index is -0.308. The summed E-state index contributed by atoms with van der Waals surface area (Å²) in [7, 11) is 1.78. The maximum Gasteiger partial charge on any atom is 0.245 e.